The summed E-state index contributed by atoms with van der Waals surface area (Å²) in [4.78, 5) is 16.1. The number of carbonyl (C=O) groups is 1. The second-order valence-electron chi connectivity index (χ2n) is 4.01. The fraction of sp³-hybridized carbons (Fsp3) is 0.385. The minimum absolute atomic E-state index is 0.371. The molecule has 1 aromatic carbocycles. The van der Waals surface area contributed by atoms with Gasteiger partial charge >= 0.3 is 6.09 Å². The third-order valence-corrected chi connectivity index (χ3v) is 4.60. The number of nitrogens with zero attached hydrogens (tertiary/aromatic N) is 1. The van der Waals surface area contributed by atoms with Gasteiger partial charge in [0.15, 0.2) is 5.17 Å². The van der Waals surface area contributed by atoms with Crippen LogP contribution in [0.3, 0.4) is 0 Å². The number of benzene rings is 1. The highest BCUT2D eigenvalue weighted by molar-refractivity contribution is 8.13. The lowest BCUT2D eigenvalue weighted by Gasteiger charge is -2.08. The lowest BCUT2D eigenvalue weighted by molar-refractivity contribution is 0.177. The van der Waals surface area contributed by atoms with Crippen LogP contribution in [0.4, 0.5) is 16.2 Å². The van der Waals surface area contributed by atoms with Gasteiger partial charge < -0.3 is 10.5 Å². The molecule has 1 unspecified atom stereocenters. The van der Waals surface area contributed by atoms with Crippen molar-refractivity contribution < 1.29 is 13.7 Å². The Labute approximate surface area is 131 Å². The molecule has 6 nitrogen and oxygen atoms in total. The number of nitrogens with two attached hydrogens (primary N) is 1. The predicted molar refractivity (Wildman–Crippen MR) is 88.6 cm³/mol. The Balaban J connectivity index is 2.98. The number of rotatable bonds is 4. The van der Waals surface area contributed by atoms with E-state index in [0.717, 1.165) is 6.42 Å². The third kappa shape index (κ3) is 5.39. The fourth-order valence-electron chi connectivity index (χ4n) is 1.45. The van der Waals surface area contributed by atoms with Crippen molar-refractivity contribution in [3.63, 3.8) is 0 Å². The fourth-order valence-corrected chi connectivity index (χ4v) is 2.91. The molecule has 0 aliphatic rings. The number of alkyl carbamates (subject to hydrolysis) is 1. The Morgan fingerprint density at radius 2 is 2.24 bits per heavy atom. The Bertz CT molecular complexity index is 562. The van der Waals surface area contributed by atoms with Crippen LogP contribution in [-0.4, -0.2) is 34.6 Å². The normalized spacial score (nSPS) is 12.8. The van der Waals surface area contributed by atoms with Crippen LogP contribution in [0.5, 0.6) is 0 Å². The molecule has 0 saturated carbocycles. The molecule has 1 aromatic rings. The van der Waals surface area contributed by atoms with E-state index in [9.17, 15) is 9.00 Å². The van der Waals surface area contributed by atoms with Crippen molar-refractivity contribution in [1.82, 2.24) is 5.32 Å². The zero-order chi connectivity index (χ0) is 15.8. The average molecular weight is 329 g/mol. The summed E-state index contributed by atoms with van der Waals surface area (Å²) >= 11 is 1.26. The first kappa shape index (κ1) is 17.5. The molecule has 0 fully saturated rings. The van der Waals surface area contributed by atoms with Crippen molar-refractivity contribution in [2.24, 2.45) is 4.99 Å². The Hall–Kier alpha value is -1.54. The van der Waals surface area contributed by atoms with Gasteiger partial charge in [0, 0.05) is 10.6 Å². The molecule has 0 saturated heterocycles. The number of hydrogen-bond donors (Lipinski definition) is 2. The van der Waals surface area contributed by atoms with Gasteiger partial charge in [-0.05, 0) is 30.9 Å². The first-order valence-electron chi connectivity index (χ1n) is 6.27. The van der Waals surface area contributed by atoms with Gasteiger partial charge in [0.25, 0.3) is 0 Å². The van der Waals surface area contributed by atoms with Gasteiger partial charge in [0.05, 0.1) is 29.3 Å². The largest absolute Gasteiger partial charge is 0.453 e. The summed E-state index contributed by atoms with van der Waals surface area (Å²) < 4.78 is 16.4. The van der Waals surface area contributed by atoms with Crippen LogP contribution >= 0.6 is 11.8 Å². The molecule has 3 N–H and O–H groups in total. The molecule has 8 heteroatoms. The maximum atomic E-state index is 11.9. The zero-order valence-corrected chi connectivity index (χ0v) is 13.8. The van der Waals surface area contributed by atoms with Crippen molar-refractivity contribution in [2.75, 3.05) is 24.9 Å². The highest BCUT2D eigenvalue weighted by Crippen LogP contribution is 2.25. The monoisotopic (exact) mass is 329 g/mol. The number of nitrogen functional groups attached to an aromatic ring is 1. The minimum atomic E-state index is -1.05. The standard InChI is InChI=1S/C13H19N3O3S2/c1-4-7-21(18)9-5-6-11(10(14)8-9)15-12(20-3)16-13(17)19-2/h5-6,8H,4,7,14H2,1-3H3,(H,15,16,17). The molecule has 0 spiro atoms. The van der Waals surface area contributed by atoms with E-state index in [-0.39, 0.29) is 0 Å². The van der Waals surface area contributed by atoms with E-state index in [1.807, 2.05) is 6.92 Å². The topological polar surface area (TPSA) is 93.8 Å². The van der Waals surface area contributed by atoms with Gasteiger partial charge in [-0.1, -0.05) is 18.7 Å². The van der Waals surface area contributed by atoms with E-state index in [0.29, 0.717) is 27.2 Å². The van der Waals surface area contributed by atoms with Gasteiger partial charge in [-0.15, -0.1) is 0 Å². The molecule has 0 bridgehead atoms. The molecule has 116 valence electrons. The first-order chi connectivity index (χ1) is 10.0. The van der Waals surface area contributed by atoms with Crippen LogP contribution in [0.25, 0.3) is 0 Å². The van der Waals surface area contributed by atoms with Gasteiger partial charge in [-0.25, -0.2) is 9.79 Å². The number of ether oxygens (including phenoxy) is 1. The molecule has 21 heavy (non-hydrogen) atoms. The van der Waals surface area contributed by atoms with Crippen LogP contribution in [0.2, 0.25) is 0 Å². The van der Waals surface area contributed by atoms with Crippen LogP contribution in [-0.2, 0) is 15.5 Å². The lowest BCUT2D eigenvalue weighted by Crippen LogP contribution is -2.27. The number of amidine groups is 1. The number of aliphatic imine (C=N–C) groups is 1. The van der Waals surface area contributed by atoms with Gasteiger partial charge in [-0.3, -0.25) is 9.53 Å². The summed E-state index contributed by atoms with van der Waals surface area (Å²) in [6.07, 6.45) is 2.02. The summed E-state index contributed by atoms with van der Waals surface area (Å²) in [6.45, 7) is 1.98. The quantitative estimate of drug-likeness (QED) is 0.503. The van der Waals surface area contributed by atoms with E-state index in [4.69, 9.17) is 5.73 Å². The number of methoxy groups -OCH3 is 1. The molecule has 1 atom stereocenters. The second-order valence-corrected chi connectivity index (χ2v) is 6.37. The van der Waals surface area contributed by atoms with E-state index < -0.39 is 16.9 Å². The maximum Gasteiger partial charge on any atom is 0.412 e. The SMILES string of the molecule is CCCS(=O)c1ccc(N=C(NC(=O)OC)SC)c(N)c1. The van der Waals surface area contributed by atoms with Crippen molar-refractivity contribution in [1.29, 1.82) is 0 Å². The Kier molecular flexibility index (Phi) is 7.24. The molecule has 0 aliphatic heterocycles. The lowest BCUT2D eigenvalue weighted by atomic mass is 10.3. The van der Waals surface area contributed by atoms with Crippen molar-refractivity contribution in [3.05, 3.63) is 18.2 Å². The van der Waals surface area contributed by atoms with E-state index in [1.165, 1.54) is 18.9 Å². The minimum Gasteiger partial charge on any atom is -0.453 e. The maximum absolute atomic E-state index is 11.9. The Morgan fingerprint density at radius 1 is 1.52 bits per heavy atom. The highest BCUT2D eigenvalue weighted by Gasteiger charge is 2.08. The summed E-state index contributed by atoms with van der Waals surface area (Å²) in [5, 5.41) is 2.86. The molecular weight excluding hydrogens is 310 g/mol. The van der Waals surface area contributed by atoms with Crippen LogP contribution in [0.15, 0.2) is 28.1 Å². The second kappa shape index (κ2) is 8.68. The molecule has 0 aromatic heterocycles. The summed E-state index contributed by atoms with van der Waals surface area (Å²) in [5.74, 6) is 0.599. The molecule has 0 aliphatic carbocycles. The van der Waals surface area contributed by atoms with E-state index >= 15 is 0 Å². The number of thioether (sulfide) groups is 1. The van der Waals surface area contributed by atoms with E-state index in [2.05, 4.69) is 15.0 Å². The number of hydrogen-bond acceptors (Lipinski definition) is 6. The van der Waals surface area contributed by atoms with Gasteiger partial charge in [0.2, 0.25) is 0 Å². The zero-order valence-electron chi connectivity index (χ0n) is 12.2. The molecule has 1 amide bonds. The summed E-state index contributed by atoms with van der Waals surface area (Å²) in [7, 11) is 0.227. The van der Waals surface area contributed by atoms with Crippen LogP contribution in [0, 0.1) is 0 Å². The van der Waals surface area contributed by atoms with Crippen LogP contribution in [0.1, 0.15) is 13.3 Å². The molecule has 0 radical (unpaired) electrons. The number of amides is 1. The van der Waals surface area contributed by atoms with Gasteiger partial charge in [0.1, 0.15) is 0 Å². The molecular formula is C13H19N3O3S2. The van der Waals surface area contributed by atoms with Crippen LogP contribution < -0.4 is 11.1 Å². The average Bonchev–Trinajstić information content (AvgIpc) is 2.48. The summed E-state index contributed by atoms with van der Waals surface area (Å²) in [6, 6.07) is 5.07. The highest BCUT2D eigenvalue weighted by atomic mass is 32.2. The number of nitrogens with one attached hydrogen (secondary N) is 1. The third-order valence-electron chi connectivity index (χ3n) is 2.46. The van der Waals surface area contributed by atoms with Gasteiger partial charge in [-0.2, -0.15) is 0 Å². The smallest absolute Gasteiger partial charge is 0.412 e. The Morgan fingerprint density at radius 3 is 2.76 bits per heavy atom. The number of carbonyl (C=O) groups excluding carboxylic acids is 1. The summed E-state index contributed by atoms with van der Waals surface area (Å²) in [5.41, 5.74) is 6.85. The molecule has 0 heterocycles. The van der Waals surface area contributed by atoms with Crippen molar-refractivity contribution >= 4 is 45.2 Å². The number of anilines is 1. The van der Waals surface area contributed by atoms with E-state index in [1.54, 1.807) is 24.5 Å². The van der Waals surface area contributed by atoms with Crippen molar-refractivity contribution in [3.8, 4) is 0 Å². The van der Waals surface area contributed by atoms with Crippen molar-refractivity contribution in [2.45, 2.75) is 18.2 Å². The first-order valence-corrected chi connectivity index (χ1v) is 8.81. The predicted octanol–water partition coefficient (Wildman–Crippen LogP) is 2.49. The molecule has 1 rings (SSSR count).